The zero-order valence-electron chi connectivity index (χ0n) is 18.8. The number of rotatable bonds is 7. The van der Waals surface area contributed by atoms with Gasteiger partial charge in [-0.15, -0.1) is 0 Å². The van der Waals surface area contributed by atoms with Crippen molar-refractivity contribution in [2.45, 2.75) is 90.7 Å². The molecule has 0 radical (unpaired) electrons. The van der Waals surface area contributed by atoms with E-state index in [0.29, 0.717) is 0 Å². The largest absolute Gasteiger partial charge is 0.394 e. The van der Waals surface area contributed by atoms with E-state index in [1.54, 1.807) is 6.92 Å². The lowest BCUT2D eigenvalue weighted by molar-refractivity contribution is -0.306. The van der Waals surface area contributed by atoms with Gasteiger partial charge in [0.05, 0.1) is 12.7 Å². The molecule has 1 aliphatic heterocycles. The average Bonchev–Trinajstić information content (AvgIpc) is 2.67. The first kappa shape index (κ1) is 25.0. The molecule has 1 saturated heterocycles. The number of hydrogen-bond acceptors (Lipinski definition) is 6. The van der Waals surface area contributed by atoms with Gasteiger partial charge in [0.2, 0.25) is 0 Å². The fraction of sp³-hybridized carbons (Fsp3) is 0.667. The van der Waals surface area contributed by atoms with Gasteiger partial charge in [-0.3, -0.25) is 0 Å². The van der Waals surface area contributed by atoms with Crippen LogP contribution in [-0.2, 0) is 9.47 Å². The molecular formula is C24H38O6. The molecule has 4 N–H and O–H groups in total. The van der Waals surface area contributed by atoms with Crippen molar-refractivity contribution in [3.63, 3.8) is 0 Å². The smallest absolute Gasteiger partial charge is 0.187 e. The van der Waals surface area contributed by atoms with Crippen molar-refractivity contribution in [3.05, 3.63) is 47.1 Å². The Balaban J connectivity index is 1.94. The van der Waals surface area contributed by atoms with Crippen molar-refractivity contribution in [3.8, 4) is 0 Å². The predicted octanol–water partition coefficient (Wildman–Crippen LogP) is 2.78. The maximum atomic E-state index is 10.1. The van der Waals surface area contributed by atoms with E-state index in [0.717, 1.165) is 5.57 Å². The summed E-state index contributed by atoms with van der Waals surface area (Å²) in [5.74, 6) is 0. The van der Waals surface area contributed by atoms with Crippen LogP contribution < -0.4 is 0 Å². The molecule has 6 atom stereocenters. The summed E-state index contributed by atoms with van der Waals surface area (Å²) in [4.78, 5) is 0. The van der Waals surface area contributed by atoms with Gasteiger partial charge in [0.1, 0.15) is 24.4 Å². The summed E-state index contributed by atoms with van der Waals surface area (Å²) >= 11 is 0. The highest BCUT2D eigenvalue weighted by molar-refractivity contribution is 5.36. The van der Waals surface area contributed by atoms with Crippen molar-refractivity contribution < 1.29 is 29.9 Å². The molecule has 0 aromatic rings. The topological polar surface area (TPSA) is 99.4 Å². The van der Waals surface area contributed by atoms with Crippen LogP contribution in [0.2, 0.25) is 0 Å². The monoisotopic (exact) mass is 422 g/mol. The van der Waals surface area contributed by atoms with Crippen LogP contribution in [0.4, 0.5) is 0 Å². The SMILES string of the molecule is CC1=C(/C=C/C(C)=C/C=C/C(C)OC2O[C@H](CO)[C@@H](O)[C@H](O)[C@H]2O)C(C)(C)CCC1. The molecule has 170 valence electrons. The Kier molecular flexibility index (Phi) is 9.03. The third-order valence-corrected chi connectivity index (χ3v) is 5.99. The van der Waals surface area contributed by atoms with Crippen LogP contribution in [0.15, 0.2) is 47.1 Å². The van der Waals surface area contributed by atoms with Crippen molar-refractivity contribution in [1.82, 2.24) is 0 Å². The molecule has 1 heterocycles. The van der Waals surface area contributed by atoms with Gasteiger partial charge in [0.15, 0.2) is 6.29 Å². The highest BCUT2D eigenvalue weighted by atomic mass is 16.7. The molecule has 0 spiro atoms. The third kappa shape index (κ3) is 6.36. The minimum Gasteiger partial charge on any atom is -0.394 e. The van der Waals surface area contributed by atoms with Crippen molar-refractivity contribution in [2.75, 3.05) is 6.61 Å². The minimum atomic E-state index is -1.44. The number of ether oxygens (including phenoxy) is 2. The zero-order valence-corrected chi connectivity index (χ0v) is 18.8. The van der Waals surface area contributed by atoms with Gasteiger partial charge < -0.3 is 29.9 Å². The number of aliphatic hydroxyl groups is 4. The fourth-order valence-electron chi connectivity index (χ4n) is 4.08. The molecular weight excluding hydrogens is 384 g/mol. The van der Waals surface area contributed by atoms with Crippen LogP contribution in [0.25, 0.3) is 0 Å². The highest BCUT2D eigenvalue weighted by Gasteiger charge is 2.44. The molecule has 2 rings (SSSR count). The standard InChI is InChI=1S/C24H38O6/c1-15(11-12-18-16(2)9-7-13-24(18,4)5)8-6-10-17(3)29-23-22(28)21(27)20(26)19(14-25)30-23/h6,8,10-12,17,19-23,25-28H,7,9,13-14H2,1-5H3/b10-6+,12-11+,15-8+/t17?,19-,20-,21+,22-,23?/m1/s1. The fourth-order valence-corrected chi connectivity index (χ4v) is 4.08. The molecule has 6 nitrogen and oxygen atoms in total. The molecule has 1 aliphatic carbocycles. The summed E-state index contributed by atoms with van der Waals surface area (Å²) in [6.45, 7) is 10.2. The lowest BCUT2D eigenvalue weighted by atomic mass is 9.72. The van der Waals surface area contributed by atoms with Crippen LogP contribution in [0.5, 0.6) is 0 Å². The lowest BCUT2D eigenvalue weighted by Crippen LogP contribution is -2.59. The van der Waals surface area contributed by atoms with E-state index in [9.17, 15) is 20.4 Å². The molecule has 2 unspecified atom stereocenters. The summed E-state index contributed by atoms with van der Waals surface area (Å²) < 4.78 is 11.0. The van der Waals surface area contributed by atoms with E-state index < -0.39 is 43.4 Å². The van der Waals surface area contributed by atoms with Crippen molar-refractivity contribution >= 4 is 0 Å². The lowest BCUT2D eigenvalue weighted by Gasteiger charge is -2.40. The second-order valence-corrected chi connectivity index (χ2v) is 9.10. The Bertz CT molecular complexity index is 688. The molecule has 2 aliphatic rings. The van der Waals surface area contributed by atoms with E-state index in [1.165, 1.54) is 30.4 Å². The molecule has 0 aromatic carbocycles. The van der Waals surface area contributed by atoms with E-state index in [2.05, 4.69) is 32.9 Å². The molecule has 0 saturated carbocycles. The maximum Gasteiger partial charge on any atom is 0.187 e. The first-order chi connectivity index (χ1) is 14.1. The maximum absolute atomic E-state index is 10.1. The quantitative estimate of drug-likeness (QED) is 0.471. The van der Waals surface area contributed by atoms with Gasteiger partial charge in [-0.1, -0.05) is 55.4 Å². The van der Waals surface area contributed by atoms with E-state index in [4.69, 9.17) is 9.47 Å². The molecule has 6 heteroatoms. The summed E-state index contributed by atoms with van der Waals surface area (Å²) in [5, 5.41) is 39.0. The minimum absolute atomic E-state index is 0.211. The number of allylic oxidation sites excluding steroid dienone is 7. The average molecular weight is 423 g/mol. The zero-order chi connectivity index (χ0) is 22.5. The normalized spacial score (nSPS) is 34.2. The Morgan fingerprint density at radius 2 is 1.93 bits per heavy atom. The van der Waals surface area contributed by atoms with Crippen LogP contribution in [0, 0.1) is 5.41 Å². The molecule has 1 fully saturated rings. The molecule has 0 amide bonds. The third-order valence-electron chi connectivity index (χ3n) is 5.99. The molecule has 30 heavy (non-hydrogen) atoms. The van der Waals surface area contributed by atoms with Gasteiger partial charge in [0, 0.05) is 0 Å². The second kappa shape index (κ2) is 10.8. The van der Waals surface area contributed by atoms with E-state index in [-0.39, 0.29) is 5.41 Å². The summed E-state index contributed by atoms with van der Waals surface area (Å²) in [7, 11) is 0. The second-order valence-electron chi connectivity index (χ2n) is 9.10. The van der Waals surface area contributed by atoms with Gasteiger partial charge in [-0.05, 0) is 51.0 Å². The van der Waals surface area contributed by atoms with Crippen LogP contribution >= 0.6 is 0 Å². The van der Waals surface area contributed by atoms with Crippen LogP contribution in [0.1, 0.15) is 53.9 Å². The van der Waals surface area contributed by atoms with E-state index in [1.807, 2.05) is 25.2 Å². The Labute approximate surface area is 180 Å². The highest BCUT2D eigenvalue weighted by Crippen LogP contribution is 2.40. The van der Waals surface area contributed by atoms with Gasteiger partial charge in [-0.2, -0.15) is 0 Å². The predicted molar refractivity (Wildman–Crippen MR) is 117 cm³/mol. The van der Waals surface area contributed by atoms with E-state index >= 15 is 0 Å². The molecule has 0 aromatic heterocycles. The summed E-state index contributed by atoms with van der Waals surface area (Å²) in [6, 6.07) is 0. The number of aliphatic hydroxyl groups excluding tert-OH is 4. The Hall–Kier alpha value is -1.28. The summed E-state index contributed by atoms with van der Waals surface area (Å²) in [5.41, 5.74) is 4.20. The van der Waals surface area contributed by atoms with Crippen molar-refractivity contribution in [1.29, 1.82) is 0 Å². The Morgan fingerprint density at radius 3 is 2.57 bits per heavy atom. The van der Waals surface area contributed by atoms with Crippen LogP contribution in [-0.4, -0.2) is 63.8 Å². The molecule has 0 bridgehead atoms. The number of hydrogen-bond donors (Lipinski definition) is 4. The first-order valence-corrected chi connectivity index (χ1v) is 10.8. The van der Waals surface area contributed by atoms with Crippen molar-refractivity contribution in [2.24, 2.45) is 5.41 Å². The van der Waals surface area contributed by atoms with Gasteiger partial charge >= 0.3 is 0 Å². The Morgan fingerprint density at radius 1 is 1.23 bits per heavy atom. The van der Waals surface area contributed by atoms with Crippen LogP contribution in [0.3, 0.4) is 0 Å². The van der Waals surface area contributed by atoms with Gasteiger partial charge in [0.25, 0.3) is 0 Å². The summed E-state index contributed by atoms with van der Waals surface area (Å²) in [6.07, 6.45) is 6.92. The van der Waals surface area contributed by atoms with Gasteiger partial charge in [-0.25, -0.2) is 0 Å². The first-order valence-electron chi connectivity index (χ1n) is 10.8.